The highest BCUT2D eigenvalue weighted by Gasteiger charge is 2.40. The summed E-state index contributed by atoms with van der Waals surface area (Å²) in [6.07, 6.45) is 10.8. The lowest BCUT2D eigenvalue weighted by Crippen LogP contribution is -2.24. The first-order valence-electron chi connectivity index (χ1n) is 10.9. The van der Waals surface area contributed by atoms with Gasteiger partial charge in [0.15, 0.2) is 0 Å². The van der Waals surface area contributed by atoms with Crippen molar-refractivity contribution in [3.63, 3.8) is 0 Å². The molecule has 0 radical (unpaired) electrons. The van der Waals surface area contributed by atoms with E-state index in [0.717, 1.165) is 31.6 Å². The van der Waals surface area contributed by atoms with Crippen LogP contribution in [0.4, 0.5) is 0 Å². The zero-order valence-electron chi connectivity index (χ0n) is 18.5. The molecule has 0 aromatic rings. The van der Waals surface area contributed by atoms with Crippen molar-refractivity contribution in [2.45, 2.75) is 84.5 Å². The predicted molar refractivity (Wildman–Crippen MR) is 117 cm³/mol. The predicted octanol–water partition coefficient (Wildman–Crippen LogP) is 4.55. The van der Waals surface area contributed by atoms with Crippen molar-refractivity contribution >= 4 is 12.3 Å². The van der Waals surface area contributed by atoms with Gasteiger partial charge in [-0.05, 0) is 75.7 Å². The Morgan fingerprint density at radius 3 is 2.63 bits per heavy atom. The second-order valence-electron chi connectivity index (χ2n) is 8.90. The molecule has 166 valence electrons. The van der Waals surface area contributed by atoms with E-state index in [1.54, 1.807) is 6.08 Å². The molecule has 1 aliphatic carbocycles. The third kappa shape index (κ3) is 6.02. The molecule has 5 nitrogen and oxygen atoms in total. The highest BCUT2D eigenvalue weighted by atomic mass is 16.6. The lowest BCUT2D eigenvalue weighted by molar-refractivity contribution is -0.151. The summed E-state index contributed by atoms with van der Waals surface area (Å²) in [7, 11) is 0. The molecule has 1 aliphatic heterocycles. The van der Waals surface area contributed by atoms with Crippen LogP contribution in [-0.2, 0) is 14.3 Å². The first kappa shape index (κ1) is 24.3. The monoisotopic (exact) mass is 416 g/mol. The molecule has 5 heteroatoms. The normalized spacial score (nSPS) is 28.3. The fraction of sp³-hybridized carbons (Fsp3) is 0.600. The minimum Gasteiger partial charge on any atom is -0.429 e. The zero-order chi connectivity index (χ0) is 22.3. The number of allylic oxidation sites excluding steroid dienone is 4. The molecule has 1 heterocycles. The van der Waals surface area contributed by atoms with Crippen LogP contribution in [0.3, 0.4) is 0 Å². The Kier molecular flexibility index (Phi) is 8.80. The van der Waals surface area contributed by atoms with Crippen LogP contribution < -0.4 is 0 Å². The van der Waals surface area contributed by atoms with E-state index in [0.29, 0.717) is 17.9 Å². The molecule has 0 amide bonds. The Morgan fingerprint density at radius 1 is 1.37 bits per heavy atom. The topological polar surface area (TPSA) is 83.8 Å². The van der Waals surface area contributed by atoms with Gasteiger partial charge in [0.05, 0.1) is 6.10 Å². The van der Waals surface area contributed by atoms with Gasteiger partial charge < -0.3 is 14.9 Å². The van der Waals surface area contributed by atoms with Gasteiger partial charge in [-0.25, -0.2) is 4.79 Å². The maximum Gasteiger partial charge on any atom is 0.333 e. The van der Waals surface area contributed by atoms with Crippen molar-refractivity contribution in [2.75, 3.05) is 0 Å². The number of hydrogen-bond donors (Lipinski definition) is 2. The van der Waals surface area contributed by atoms with Crippen molar-refractivity contribution in [1.29, 1.82) is 0 Å². The summed E-state index contributed by atoms with van der Waals surface area (Å²) < 4.78 is 4.57. The molecule has 2 N–H and O–H groups in total. The van der Waals surface area contributed by atoms with E-state index in [1.165, 1.54) is 30.4 Å². The van der Waals surface area contributed by atoms with Crippen LogP contribution in [0.5, 0.6) is 0 Å². The van der Waals surface area contributed by atoms with Crippen LogP contribution in [0.1, 0.15) is 72.1 Å². The van der Waals surface area contributed by atoms with Crippen LogP contribution in [0.25, 0.3) is 0 Å². The largest absolute Gasteiger partial charge is 0.429 e. The van der Waals surface area contributed by atoms with Gasteiger partial charge in [0, 0.05) is 11.6 Å². The smallest absolute Gasteiger partial charge is 0.333 e. The number of hydrogen-bond acceptors (Lipinski definition) is 5. The third-order valence-corrected chi connectivity index (χ3v) is 6.88. The minimum absolute atomic E-state index is 0.129. The van der Waals surface area contributed by atoms with Crippen LogP contribution in [0, 0.1) is 11.3 Å². The Labute approximate surface area is 180 Å². The lowest BCUT2D eigenvalue weighted by atomic mass is 9.70. The average Bonchev–Trinajstić information content (AvgIpc) is 3.24. The van der Waals surface area contributed by atoms with Crippen molar-refractivity contribution in [3.05, 3.63) is 47.1 Å². The van der Waals surface area contributed by atoms with Crippen molar-refractivity contribution in [3.8, 4) is 0 Å². The van der Waals surface area contributed by atoms with Gasteiger partial charge >= 0.3 is 5.97 Å². The molecule has 0 unspecified atom stereocenters. The quantitative estimate of drug-likeness (QED) is 0.223. The summed E-state index contributed by atoms with van der Waals surface area (Å²) in [5.41, 5.74) is 3.63. The van der Waals surface area contributed by atoms with E-state index < -0.39 is 18.4 Å². The molecule has 0 aromatic heterocycles. The van der Waals surface area contributed by atoms with Crippen molar-refractivity contribution in [1.82, 2.24) is 0 Å². The van der Waals surface area contributed by atoms with E-state index in [-0.39, 0.29) is 17.4 Å². The molecular formula is C25H36O5. The van der Waals surface area contributed by atoms with E-state index in [9.17, 15) is 19.8 Å². The average molecular weight is 417 g/mol. The summed E-state index contributed by atoms with van der Waals surface area (Å²) >= 11 is 0. The molecular weight excluding hydrogens is 380 g/mol. The van der Waals surface area contributed by atoms with Gasteiger partial charge in [-0.1, -0.05) is 43.2 Å². The number of carbonyl (C=O) groups excluding carboxylic acids is 2. The number of aliphatic hydroxyl groups is 2. The van der Waals surface area contributed by atoms with Gasteiger partial charge in [0.25, 0.3) is 0 Å². The van der Waals surface area contributed by atoms with Crippen molar-refractivity contribution < 1.29 is 24.5 Å². The highest BCUT2D eigenvalue weighted by molar-refractivity contribution is 5.85. The summed E-state index contributed by atoms with van der Waals surface area (Å²) in [5.74, 6) is 0.0187. The molecule has 1 saturated carbocycles. The summed E-state index contributed by atoms with van der Waals surface area (Å²) in [5, 5.41) is 19.7. The van der Waals surface area contributed by atoms with E-state index in [1.807, 2.05) is 0 Å². The Bertz CT molecular complexity index is 745. The Balaban J connectivity index is 1.84. The van der Waals surface area contributed by atoms with Crippen LogP contribution in [0.15, 0.2) is 47.1 Å². The minimum atomic E-state index is -1.41. The first-order chi connectivity index (χ1) is 14.2. The molecule has 4 atom stereocenters. The number of cyclic esters (lactones) is 1. The number of aldehydes is 1. The zero-order valence-corrected chi connectivity index (χ0v) is 18.5. The third-order valence-electron chi connectivity index (χ3n) is 6.88. The number of esters is 1. The fourth-order valence-electron chi connectivity index (χ4n) is 4.76. The molecule has 0 aromatic carbocycles. The molecule has 1 fully saturated rings. The van der Waals surface area contributed by atoms with E-state index in [2.05, 4.69) is 38.2 Å². The van der Waals surface area contributed by atoms with Crippen LogP contribution >= 0.6 is 0 Å². The number of aliphatic hydroxyl groups excluding tert-OH is 2. The molecule has 0 saturated heterocycles. The Morgan fingerprint density at radius 2 is 2.10 bits per heavy atom. The van der Waals surface area contributed by atoms with Gasteiger partial charge in [-0.2, -0.15) is 0 Å². The molecule has 2 rings (SSSR count). The lowest BCUT2D eigenvalue weighted by Gasteiger charge is -2.35. The van der Waals surface area contributed by atoms with Crippen LogP contribution in [-0.4, -0.2) is 34.9 Å². The summed E-state index contributed by atoms with van der Waals surface area (Å²) in [6, 6.07) is 0. The van der Waals surface area contributed by atoms with E-state index in [4.69, 9.17) is 0 Å². The highest BCUT2D eigenvalue weighted by Crippen LogP contribution is 2.51. The molecule has 0 bridgehead atoms. The molecule has 0 spiro atoms. The second kappa shape index (κ2) is 10.9. The Hall–Kier alpha value is -1.98. The fourth-order valence-corrected chi connectivity index (χ4v) is 4.76. The summed E-state index contributed by atoms with van der Waals surface area (Å²) in [4.78, 5) is 22.5. The second-order valence-corrected chi connectivity index (χ2v) is 8.90. The standard InChI is InChI=1S/C25H36O5/c1-17(2)25(13-6-8-19(25)4)14-12-18(3)7-5-9-20(16-26)10-11-22(27)21-15-23(28)30-24(21)29/h7,10,15-16,19,22,24,27,29H,1,5-6,8-9,11-14H2,2-4H3/t19-,22-,24-,25+/m1/s1. The maximum atomic E-state index is 11.4. The number of carbonyl (C=O) groups is 2. The number of rotatable bonds is 11. The molecule has 2 aliphatic rings. The SMILES string of the molecule is C=C(C)[C@@]1(CCC(C)=CCCC(C=O)=CC[C@@H](O)C2=CC(=O)O[C@H]2O)CCC[C@H]1C. The van der Waals surface area contributed by atoms with Gasteiger partial charge in [-0.3, -0.25) is 4.79 Å². The molecule has 30 heavy (non-hydrogen) atoms. The van der Waals surface area contributed by atoms with Gasteiger partial charge in [-0.15, -0.1) is 0 Å². The summed E-state index contributed by atoms with van der Waals surface area (Å²) in [6.45, 7) is 10.9. The maximum absolute atomic E-state index is 11.4. The van der Waals surface area contributed by atoms with Crippen LogP contribution in [0.2, 0.25) is 0 Å². The van der Waals surface area contributed by atoms with Crippen molar-refractivity contribution in [2.24, 2.45) is 11.3 Å². The number of ether oxygens (including phenoxy) is 1. The van der Waals surface area contributed by atoms with Gasteiger partial charge in [0.1, 0.15) is 6.29 Å². The van der Waals surface area contributed by atoms with Gasteiger partial charge in [0.2, 0.25) is 6.29 Å². The van der Waals surface area contributed by atoms with E-state index >= 15 is 0 Å². The first-order valence-corrected chi connectivity index (χ1v) is 10.9.